The lowest BCUT2D eigenvalue weighted by atomic mass is 10.2. The molecule has 21 heavy (non-hydrogen) atoms. The molecular weight excluding hydrogens is 304 g/mol. The van der Waals surface area contributed by atoms with Gasteiger partial charge in [-0.25, -0.2) is 8.42 Å². The molecule has 0 radical (unpaired) electrons. The van der Waals surface area contributed by atoms with Gasteiger partial charge in [-0.3, -0.25) is 4.79 Å². The smallest absolute Gasteiger partial charge is 0.341 e. The van der Waals surface area contributed by atoms with Crippen molar-refractivity contribution >= 4 is 21.5 Å². The molecular formula is C13H15F2NO4S. The van der Waals surface area contributed by atoms with Gasteiger partial charge in [-0.1, -0.05) is 0 Å². The van der Waals surface area contributed by atoms with Crippen LogP contribution in [-0.4, -0.2) is 38.3 Å². The zero-order valence-corrected chi connectivity index (χ0v) is 11.9. The van der Waals surface area contributed by atoms with E-state index in [4.69, 9.17) is 5.11 Å². The van der Waals surface area contributed by atoms with Crippen molar-refractivity contribution in [2.45, 2.75) is 23.5 Å². The first-order valence-corrected chi connectivity index (χ1v) is 7.94. The molecule has 1 aliphatic carbocycles. The van der Waals surface area contributed by atoms with E-state index >= 15 is 0 Å². The fourth-order valence-corrected chi connectivity index (χ4v) is 2.71. The molecule has 0 aromatic heterocycles. The van der Waals surface area contributed by atoms with Gasteiger partial charge in [-0.15, -0.1) is 0 Å². The summed E-state index contributed by atoms with van der Waals surface area (Å²) in [6, 6.07) is 4.89. The van der Waals surface area contributed by atoms with Gasteiger partial charge in [0, 0.05) is 12.2 Å². The van der Waals surface area contributed by atoms with Crippen LogP contribution in [0.15, 0.2) is 29.2 Å². The maximum absolute atomic E-state index is 12.4. The van der Waals surface area contributed by atoms with Gasteiger partial charge < -0.3 is 10.0 Å². The third-order valence-electron chi connectivity index (χ3n) is 3.27. The second kappa shape index (κ2) is 5.97. The Hall–Kier alpha value is -1.70. The van der Waals surface area contributed by atoms with Gasteiger partial charge in [-0.2, -0.15) is 8.78 Å². The van der Waals surface area contributed by atoms with Crippen LogP contribution in [0.1, 0.15) is 12.8 Å². The van der Waals surface area contributed by atoms with E-state index in [0.717, 1.165) is 25.0 Å². The van der Waals surface area contributed by atoms with Gasteiger partial charge in [0.25, 0.3) is 0 Å². The Bertz CT molecular complexity index is 612. The van der Waals surface area contributed by atoms with Gasteiger partial charge in [0.2, 0.25) is 9.84 Å². The molecule has 116 valence electrons. The molecule has 1 N–H and O–H groups in total. The minimum absolute atomic E-state index is 0.211. The quantitative estimate of drug-likeness (QED) is 0.832. The summed E-state index contributed by atoms with van der Waals surface area (Å²) in [5.74, 6) is -4.03. The number of hydrogen-bond donors (Lipinski definition) is 1. The highest BCUT2D eigenvalue weighted by Gasteiger charge is 2.28. The largest absolute Gasteiger partial charge is 0.480 e. The topological polar surface area (TPSA) is 74.7 Å². The van der Waals surface area contributed by atoms with Crippen molar-refractivity contribution in [1.29, 1.82) is 0 Å². The summed E-state index contributed by atoms with van der Waals surface area (Å²) in [6.07, 6.45) is 2.07. The molecule has 8 heteroatoms. The third kappa shape index (κ3) is 3.90. The SMILES string of the molecule is O=C(O)CN(CC1CC1)c1ccc(S(=O)(=O)C(F)F)cc1. The molecule has 0 spiro atoms. The number of benzene rings is 1. The van der Waals surface area contributed by atoms with Crippen molar-refractivity contribution in [3.05, 3.63) is 24.3 Å². The molecule has 0 aliphatic heterocycles. The lowest BCUT2D eigenvalue weighted by Crippen LogP contribution is -2.31. The van der Waals surface area contributed by atoms with Crippen LogP contribution in [-0.2, 0) is 14.6 Å². The van der Waals surface area contributed by atoms with Crippen molar-refractivity contribution < 1.29 is 27.1 Å². The maximum Gasteiger partial charge on any atom is 0.341 e. The number of anilines is 1. The summed E-state index contributed by atoms with van der Waals surface area (Å²) < 4.78 is 47.5. The van der Waals surface area contributed by atoms with Gasteiger partial charge in [0.1, 0.15) is 6.54 Å². The maximum atomic E-state index is 12.4. The summed E-state index contributed by atoms with van der Waals surface area (Å²) >= 11 is 0. The number of carboxylic acids is 1. The van der Waals surface area contributed by atoms with E-state index in [2.05, 4.69) is 0 Å². The minimum Gasteiger partial charge on any atom is -0.480 e. The number of alkyl halides is 2. The average molecular weight is 319 g/mol. The van der Waals surface area contributed by atoms with E-state index in [-0.39, 0.29) is 6.54 Å². The van der Waals surface area contributed by atoms with Gasteiger partial charge in [0.15, 0.2) is 0 Å². The van der Waals surface area contributed by atoms with E-state index in [1.165, 1.54) is 12.1 Å². The molecule has 0 atom stereocenters. The van der Waals surface area contributed by atoms with Crippen LogP contribution in [0.4, 0.5) is 14.5 Å². The monoisotopic (exact) mass is 319 g/mol. The Morgan fingerprint density at radius 1 is 1.29 bits per heavy atom. The summed E-state index contributed by atoms with van der Waals surface area (Å²) in [6.45, 7) is 0.352. The summed E-state index contributed by atoms with van der Waals surface area (Å²) in [7, 11) is -4.62. The number of hydrogen-bond acceptors (Lipinski definition) is 4. The van der Waals surface area contributed by atoms with Crippen LogP contribution in [0.25, 0.3) is 0 Å². The molecule has 1 saturated carbocycles. The normalized spacial score (nSPS) is 15.2. The van der Waals surface area contributed by atoms with Crippen LogP contribution in [0.3, 0.4) is 0 Å². The van der Waals surface area contributed by atoms with Gasteiger partial charge in [-0.05, 0) is 43.0 Å². The molecule has 1 aromatic carbocycles. The average Bonchev–Trinajstić information content (AvgIpc) is 3.21. The highest BCUT2D eigenvalue weighted by molar-refractivity contribution is 7.91. The number of sulfone groups is 1. The lowest BCUT2D eigenvalue weighted by molar-refractivity contribution is -0.135. The van der Waals surface area contributed by atoms with Crippen molar-refractivity contribution in [3.63, 3.8) is 0 Å². The molecule has 0 heterocycles. The predicted octanol–water partition coefficient (Wildman–Crippen LogP) is 1.98. The number of aliphatic carboxylic acids is 1. The molecule has 5 nitrogen and oxygen atoms in total. The van der Waals surface area contributed by atoms with E-state index in [1.54, 1.807) is 4.90 Å². The second-order valence-electron chi connectivity index (χ2n) is 5.02. The predicted molar refractivity (Wildman–Crippen MR) is 72.2 cm³/mol. The van der Waals surface area contributed by atoms with Gasteiger partial charge >= 0.3 is 11.7 Å². The minimum atomic E-state index is -4.62. The van der Waals surface area contributed by atoms with Crippen molar-refractivity contribution in [2.24, 2.45) is 5.92 Å². The highest BCUT2D eigenvalue weighted by atomic mass is 32.2. The third-order valence-corrected chi connectivity index (χ3v) is 4.66. The van der Waals surface area contributed by atoms with Crippen molar-refractivity contribution in [3.8, 4) is 0 Å². The number of rotatable bonds is 7. The lowest BCUT2D eigenvalue weighted by Gasteiger charge is -2.23. The van der Waals surface area contributed by atoms with Crippen LogP contribution in [0.2, 0.25) is 0 Å². The van der Waals surface area contributed by atoms with Crippen LogP contribution in [0.5, 0.6) is 0 Å². The molecule has 2 rings (SSSR count). The van der Waals surface area contributed by atoms with Crippen molar-refractivity contribution in [1.82, 2.24) is 0 Å². The fraction of sp³-hybridized carbons (Fsp3) is 0.462. The molecule has 0 amide bonds. The van der Waals surface area contributed by atoms with Crippen molar-refractivity contribution in [2.75, 3.05) is 18.0 Å². The zero-order valence-electron chi connectivity index (χ0n) is 11.1. The molecule has 0 unspecified atom stereocenters. The van der Waals surface area contributed by atoms with Crippen LogP contribution >= 0.6 is 0 Å². The highest BCUT2D eigenvalue weighted by Crippen LogP contribution is 2.31. The number of carboxylic acid groups (broad SMARTS) is 1. The standard InChI is InChI=1S/C13H15F2NO4S/c14-13(15)21(19,20)11-5-3-10(4-6-11)16(8-12(17)18)7-9-1-2-9/h3-6,9,13H,1-2,7-8H2,(H,17,18). The zero-order chi connectivity index (χ0) is 15.6. The van der Waals surface area contributed by atoms with Gasteiger partial charge in [0.05, 0.1) is 4.90 Å². The first-order valence-electron chi connectivity index (χ1n) is 6.39. The Morgan fingerprint density at radius 3 is 2.29 bits per heavy atom. The van der Waals surface area contributed by atoms with Crippen LogP contribution < -0.4 is 4.90 Å². The van der Waals surface area contributed by atoms with E-state index in [1.807, 2.05) is 0 Å². The summed E-state index contributed by atoms with van der Waals surface area (Å²) in [5, 5.41) is 8.90. The Labute approximate surface area is 121 Å². The molecule has 0 saturated heterocycles. The van der Waals surface area contributed by atoms with E-state index < -0.39 is 26.5 Å². The molecule has 1 fully saturated rings. The fourth-order valence-electron chi connectivity index (χ4n) is 1.99. The summed E-state index contributed by atoms with van der Waals surface area (Å²) in [5.41, 5.74) is 0.512. The molecule has 1 aromatic rings. The number of carbonyl (C=O) groups is 1. The summed E-state index contributed by atoms with van der Waals surface area (Å²) in [4.78, 5) is 12.0. The first kappa shape index (κ1) is 15.7. The van der Waals surface area contributed by atoms with E-state index in [0.29, 0.717) is 18.2 Å². The number of nitrogens with zero attached hydrogens (tertiary/aromatic N) is 1. The Morgan fingerprint density at radius 2 is 1.86 bits per heavy atom. The van der Waals surface area contributed by atoms with E-state index in [9.17, 15) is 22.0 Å². The number of halogens is 2. The Kier molecular flexibility index (Phi) is 4.46. The van der Waals surface area contributed by atoms with Crippen LogP contribution in [0, 0.1) is 5.92 Å². The molecule has 0 bridgehead atoms. The second-order valence-corrected chi connectivity index (χ2v) is 6.93. The first-order chi connectivity index (χ1) is 9.80. The Balaban J connectivity index is 2.20. The molecule has 1 aliphatic rings.